The second kappa shape index (κ2) is 5.59. The van der Waals surface area contributed by atoms with Gasteiger partial charge in [0.05, 0.1) is 5.38 Å². The number of benzene rings is 2. The van der Waals surface area contributed by atoms with Crippen molar-refractivity contribution in [1.29, 1.82) is 0 Å². The first-order valence-corrected chi connectivity index (χ1v) is 6.99. The molecule has 0 radical (unpaired) electrons. The van der Waals surface area contributed by atoms with Crippen molar-refractivity contribution in [1.82, 2.24) is 0 Å². The van der Waals surface area contributed by atoms with Crippen molar-refractivity contribution in [3.8, 4) is 0 Å². The summed E-state index contributed by atoms with van der Waals surface area (Å²) in [5.41, 5.74) is 2.45. The van der Waals surface area contributed by atoms with E-state index in [0.29, 0.717) is 5.56 Å². The fourth-order valence-electron chi connectivity index (χ4n) is 1.91. The van der Waals surface area contributed by atoms with Gasteiger partial charge in [-0.1, -0.05) is 34.1 Å². The van der Waals surface area contributed by atoms with Crippen molar-refractivity contribution in [3.63, 3.8) is 0 Å². The van der Waals surface area contributed by atoms with Gasteiger partial charge in [-0.3, -0.25) is 0 Å². The van der Waals surface area contributed by atoms with Gasteiger partial charge in [0.25, 0.3) is 0 Å². The van der Waals surface area contributed by atoms with Crippen LogP contribution in [0.4, 0.5) is 8.78 Å². The maximum atomic E-state index is 13.9. The van der Waals surface area contributed by atoms with Crippen LogP contribution in [0, 0.1) is 25.5 Å². The van der Waals surface area contributed by atoms with E-state index in [4.69, 9.17) is 11.6 Å². The number of halogens is 4. The van der Waals surface area contributed by atoms with Crippen molar-refractivity contribution in [2.45, 2.75) is 19.2 Å². The van der Waals surface area contributed by atoms with Crippen LogP contribution in [-0.2, 0) is 0 Å². The van der Waals surface area contributed by atoms with Gasteiger partial charge in [0, 0.05) is 16.1 Å². The van der Waals surface area contributed by atoms with Gasteiger partial charge in [-0.05, 0) is 36.6 Å². The number of alkyl halides is 1. The Labute approximate surface area is 124 Å². The minimum Gasteiger partial charge on any atom is -0.207 e. The SMILES string of the molecule is Cc1cc(C(Cl)c2cccc(C)c2Br)c(F)cc1F. The Morgan fingerprint density at radius 2 is 1.68 bits per heavy atom. The molecule has 0 saturated carbocycles. The molecule has 2 rings (SSSR count). The van der Waals surface area contributed by atoms with E-state index in [0.717, 1.165) is 21.7 Å². The molecule has 4 heteroatoms. The number of rotatable bonds is 2. The molecular weight excluding hydrogens is 334 g/mol. The van der Waals surface area contributed by atoms with E-state index in [-0.39, 0.29) is 5.56 Å². The molecule has 2 aromatic carbocycles. The summed E-state index contributed by atoms with van der Waals surface area (Å²) in [4.78, 5) is 0. The number of aryl methyl sites for hydroxylation is 2. The topological polar surface area (TPSA) is 0 Å². The van der Waals surface area contributed by atoms with E-state index < -0.39 is 17.0 Å². The van der Waals surface area contributed by atoms with E-state index >= 15 is 0 Å². The van der Waals surface area contributed by atoms with E-state index in [1.165, 1.54) is 6.07 Å². The van der Waals surface area contributed by atoms with Crippen LogP contribution in [0.5, 0.6) is 0 Å². The Hall–Kier alpha value is -0.930. The van der Waals surface area contributed by atoms with E-state index in [9.17, 15) is 8.78 Å². The van der Waals surface area contributed by atoms with Crippen molar-refractivity contribution < 1.29 is 8.78 Å². The first kappa shape index (κ1) is 14.5. The standard InChI is InChI=1S/C15H12BrClF2/c1-8-4-3-5-10(14(8)16)15(17)11-6-9(2)12(18)7-13(11)19/h3-7,15H,1-2H3. The Bertz CT molecular complexity index is 626. The molecule has 0 saturated heterocycles. The molecule has 1 atom stereocenters. The summed E-state index contributed by atoms with van der Waals surface area (Å²) in [7, 11) is 0. The molecule has 0 N–H and O–H groups in total. The van der Waals surface area contributed by atoms with E-state index in [1.807, 2.05) is 25.1 Å². The van der Waals surface area contributed by atoms with Crippen LogP contribution < -0.4 is 0 Å². The lowest BCUT2D eigenvalue weighted by Gasteiger charge is -2.15. The summed E-state index contributed by atoms with van der Waals surface area (Å²) in [6.07, 6.45) is 0. The summed E-state index contributed by atoms with van der Waals surface area (Å²) in [6.45, 7) is 3.52. The molecule has 0 heterocycles. The highest BCUT2D eigenvalue weighted by molar-refractivity contribution is 9.10. The van der Waals surface area contributed by atoms with Gasteiger partial charge in [0.2, 0.25) is 0 Å². The van der Waals surface area contributed by atoms with Crippen molar-refractivity contribution in [2.75, 3.05) is 0 Å². The first-order chi connectivity index (χ1) is 8.91. The van der Waals surface area contributed by atoms with Gasteiger partial charge in [-0.2, -0.15) is 0 Å². The molecule has 0 aromatic heterocycles. The van der Waals surface area contributed by atoms with Crippen LogP contribution in [0.2, 0.25) is 0 Å². The quantitative estimate of drug-likeness (QED) is 0.615. The highest BCUT2D eigenvalue weighted by atomic mass is 79.9. The maximum Gasteiger partial charge on any atom is 0.131 e. The Morgan fingerprint density at radius 1 is 1.00 bits per heavy atom. The van der Waals surface area contributed by atoms with Crippen LogP contribution >= 0.6 is 27.5 Å². The lowest BCUT2D eigenvalue weighted by Crippen LogP contribution is -2.01. The average Bonchev–Trinajstić information content (AvgIpc) is 2.36. The predicted molar refractivity (Wildman–Crippen MR) is 77.7 cm³/mol. The Balaban J connectivity index is 2.53. The third-order valence-corrected chi connectivity index (χ3v) is 4.60. The molecule has 0 spiro atoms. The first-order valence-electron chi connectivity index (χ1n) is 5.76. The summed E-state index contributed by atoms with van der Waals surface area (Å²) >= 11 is 9.80. The zero-order valence-electron chi connectivity index (χ0n) is 10.5. The molecule has 0 bridgehead atoms. The van der Waals surface area contributed by atoms with Crippen molar-refractivity contribution >= 4 is 27.5 Å². The summed E-state index contributed by atoms with van der Waals surface area (Å²) in [6, 6.07) is 7.95. The fourth-order valence-corrected chi connectivity index (χ4v) is 2.88. The van der Waals surface area contributed by atoms with E-state index in [2.05, 4.69) is 15.9 Å². The number of hydrogen-bond donors (Lipinski definition) is 0. The minimum atomic E-state index is -0.659. The zero-order chi connectivity index (χ0) is 14.2. The van der Waals surface area contributed by atoms with Gasteiger partial charge in [-0.25, -0.2) is 8.78 Å². The molecule has 0 nitrogen and oxygen atoms in total. The molecule has 1 unspecified atom stereocenters. The fraction of sp³-hybridized carbons (Fsp3) is 0.200. The summed E-state index contributed by atoms with van der Waals surface area (Å²) < 4.78 is 28.0. The van der Waals surface area contributed by atoms with Crippen LogP contribution in [0.3, 0.4) is 0 Å². The molecular formula is C15H12BrClF2. The predicted octanol–water partition coefficient (Wildman–Crippen LogP) is 5.67. The van der Waals surface area contributed by atoms with Gasteiger partial charge in [-0.15, -0.1) is 11.6 Å². The smallest absolute Gasteiger partial charge is 0.131 e. The molecule has 19 heavy (non-hydrogen) atoms. The molecule has 0 fully saturated rings. The molecule has 0 aliphatic carbocycles. The third-order valence-electron chi connectivity index (χ3n) is 3.05. The molecule has 0 amide bonds. The van der Waals surface area contributed by atoms with Crippen LogP contribution in [0.1, 0.15) is 27.6 Å². The monoisotopic (exact) mass is 344 g/mol. The highest BCUT2D eigenvalue weighted by Gasteiger charge is 2.19. The molecule has 0 aliphatic heterocycles. The number of hydrogen-bond acceptors (Lipinski definition) is 0. The third kappa shape index (κ3) is 2.82. The van der Waals surface area contributed by atoms with Gasteiger partial charge < -0.3 is 0 Å². The van der Waals surface area contributed by atoms with Gasteiger partial charge in [0.1, 0.15) is 11.6 Å². The summed E-state index contributed by atoms with van der Waals surface area (Å²) in [5.74, 6) is -1.19. The van der Waals surface area contributed by atoms with Crippen molar-refractivity contribution in [3.05, 3.63) is 68.7 Å². The lowest BCUT2D eigenvalue weighted by atomic mass is 10.0. The zero-order valence-corrected chi connectivity index (χ0v) is 12.8. The molecule has 0 aliphatic rings. The van der Waals surface area contributed by atoms with Crippen LogP contribution in [-0.4, -0.2) is 0 Å². The van der Waals surface area contributed by atoms with Crippen molar-refractivity contribution in [2.24, 2.45) is 0 Å². The Morgan fingerprint density at radius 3 is 2.37 bits per heavy atom. The summed E-state index contributed by atoms with van der Waals surface area (Å²) in [5, 5.41) is -0.659. The second-order valence-electron chi connectivity index (χ2n) is 4.46. The maximum absolute atomic E-state index is 13.9. The highest BCUT2D eigenvalue weighted by Crippen LogP contribution is 2.37. The molecule has 2 aromatic rings. The van der Waals surface area contributed by atoms with E-state index in [1.54, 1.807) is 6.92 Å². The largest absolute Gasteiger partial charge is 0.207 e. The van der Waals surface area contributed by atoms with Gasteiger partial charge >= 0.3 is 0 Å². The lowest BCUT2D eigenvalue weighted by molar-refractivity contribution is 0.568. The molecule has 100 valence electrons. The Kier molecular flexibility index (Phi) is 4.26. The van der Waals surface area contributed by atoms with Crippen LogP contribution in [0.25, 0.3) is 0 Å². The van der Waals surface area contributed by atoms with Crippen LogP contribution in [0.15, 0.2) is 34.8 Å². The normalized spacial score (nSPS) is 12.5. The minimum absolute atomic E-state index is 0.284. The second-order valence-corrected chi connectivity index (χ2v) is 5.69. The van der Waals surface area contributed by atoms with Gasteiger partial charge in [0.15, 0.2) is 0 Å². The average molecular weight is 346 g/mol.